The molecule has 0 aromatic rings. The Morgan fingerprint density at radius 1 is 1.29 bits per heavy atom. The van der Waals surface area contributed by atoms with Gasteiger partial charge in [0.1, 0.15) is 0 Å². The molecule has 1 fully saturated rings. The first-order valence-electron chi connectivity index (χ1n) is 6.87. The van der Waals surface area contributed by atoms with E-state index in [0.29, 0.717) is 12.3 Å². The summed E-state index contributed by atoms with van der Waals surface area (Å²) in [5, 5.41) is 3.06. The van der Waals surface area contributed by atoms with Gasteiger partial charge < -0.3 is 16.0 Å². The number of unbranched alkanes of at least 4 members (excludes halogenated alkanes) is 2. The number of hydrogen-bond donors (Lipinski definition) is 2. The van der Waals surface area contributed by atoms with Gasteiger partial charge in [-0.1, -0.05) is 6.42 Å². The van der Waals surface area contributed by atoms with Crippen molar-refractivity contribution in [1.82, 2.24) is 10.2 Å². The van der Waals surface area contributed by atoms with E-state index in [9.17, 15) is 4.79 Å². The molecule has 1 amide bonds. The third-order valence-corrected chi connectivity index (χ3v) is 3.53. The molecule has 0 unspecified atom stereocenters. The van der Waals surface area contributed by atoms with Crippen LogP contribution in [0.2, 0.25) is 0 Å². The lowest BCUT2D eigenvalue weighted by Crippen LogP contribution is -2.36. The molecule has 0 saturated carbocycles. The summed E-state index contributed by atoms with van der Waals surface area (Å²) in [6, 6.07) is 0. The summed E-state index contributed by atoms with van der Waals surface area (Å²) in [5.74, 6) is 0.889. The Morgan fingerprint density at radius 2 is 2.00 bits per heavy atom. The van der Waals surface area contributed by atoms with Crippen LogP contribution in [-0.4, -0.2) is 44.0 Å². The van der Waals surface area contributed by atoms with Crippen molar-refractivity contribution in [2.24, 2.45) is 11.7 Å². The van der Waals surface area contributed by atoms with E-state index >= 15 is 0 Å². The standard InChI is InChI=1S/C13H27N3O/c1-16-9-6-12(7-10-16)11-15-13(17)5-3-2-4-8-14/h12H,2-11,14H2,1H3,(H,15,17). The Morgan fingerprint density at radius 3 is 2.65 bits per heavy atom. The van der Waals surface area contributed by atoms with Crippen molar-refractivity contribution in [2.45, 2.75) is 38.5 Å². The normalized spacial score (nSPS) is 18.2. The van der Waals surface area contributed by atoms with Crippen molar-refractivity contribution in [3.63, 3.8) is 0 Å². The van der Waals surface area contributed by atoms with Crippen molar-refractivity contribution < 1.29 is 4.79 Å². The molecule has 0 aromatic carbocycles. The molecular formula is C13H27N3O. The fourth-order valence-corrected chi connectivity index (χ4v) is 2.22. The van der Waals surface area contributed by atoms with Gasteiger partial charge in [0.2, 0.25) is 5.91 Å². The molecule has 17 heavy (non-hydrogen) atoms. The van der Waals surface area contributed by atoms with Gasteiger partial charge in [-0.05, 0) is 58.3 Å². The quantitative estimate of drug-likeness (QED) is 0.653. The summed E-state index contributed by atoms with van der Waals surface area (Å²) in [7, 11) is 2.16. The number of rotatable bonds is 7. The van der Waals surface area contributed by atoms with Gasteiger partial charge in [-0.25, -0.2) is 0 Å². The number of nitrogens with zero attached hydrogens (tertiary/aromatic N) is 1. The van der Waals surface area contributed by atoms with E-state index in [1.807, 2.05) is 0 Å². The van der Waals surface area contributed by atoms with Gasteiger partial charge >= 0.3 is 0 Å². The third-order valence-electron chi connectivity index (χ3n) is 3.53. The first-order chi connectivity index (χ1) is 8.22. The second-order valence-corrected chi connectivity index (χ2v) is 5.15. The summed E-state index contributed by atoms with van der Waals surface area (Å²) >= 11 is 0. The van der Waals surface area contributed by atoms with E-state index in [2.05, 4.69) is 17.3 Å². The van der Waals surface area contributed by atoms with Crippen molar-refractivity contribution in [2.75, 3.05) is 33.2 Å². The van der Waals surface area contributed by atoms with Gasteiger partial charge in [-0.3, -0.25) is 4.79 Å². The average molecular weight is 241 g/mol. The van der Waals surface area contributed by atoms with Gasteiger partial charge in [0.05, 0.1) is 0 Å². The van der Waals surface area contributed by atoms with E-state index < -0.39 is 0 Å². The minimum Gasteiger partial charge on any atom is -0.356 e. The third kappa shape index (κ3) is 6.64. The maximum Gasteiger partial charge on any atom is 0.220 e. The van der Waals surface area contributed by atoms with Crippen molar-refractivity contribution in [3.05, 3.63) is 0 Å². The van der Waals surface area contributed by atoms with Crippen LogP contribution < -0.4 is 11.1 Å². The molecule has 0 radical (unpaired) electrons. The molecule has 100 valence electrons. The summed E-state index contributed by atoms with van der Waals surface area (Å²) in [6.07, 6.45) is 6.15. The van der Waals surface area contributed by atoms with Crippen LogP contribution in [-0.2, 0) is 4.79 Å². The molecular weight excluding hydrogens is 214 g/mol. The molecule has 0 spiro atoms. The van der Waals surface area contributed by atoms with Crippen molar-refractivity contribution in [1.29, 1.82) is 0 Å². The van der Waals surface area contributed by atoms with Crippen LogP contribution in [0.5, 0.6) is 0 Å². The molecule has 3 N–H and O–H groups in total. The van der Waals surface area contributed by atoms with E-state index in [4.69, 9.17) is 5.73 Å². The lowest BCUT2D eigenvalue weighted by molar-refractivity contribution is -0.121. The highest BCUT2D eigenvalue weighted by Gasteiger charge is 2.16. The molecule has 0 aliphatic carbocycles. The van der Waals surface area contributed by atoms with Gasteiger partial charge in [0, 0.05) is 13.0 Å². The van der Waals surface area contributed by atoms with Crippen molar-refractivity contribution >= 4 is 5.91 Å². The van der Waals surface area contributed by atoms with Crippen molar-refractivity contribution in [3.8, 4) is 0 Å². The highest BCUT2D eigenvalue weighted by atomic mass is 16.1. The van der Waals surface area contributed by atoms with Gasteiger partial charge in [0.25, 0.3) is 0 Å². The average Bonchev–Trinajstić information content (AvgIpc) is 2.34. The highest BCUT2D eigenvalue weighted by molar-refractivity contribution is 5.75. The second-order valence-electron chi connectivity index (χ2n) is 5.15. The topological polar surface area (TPSA) is 58.4 Å². The van der Waals surface area contributed by atoms with Gasteiger partial charge in [-0.15, -0.1) is 0 Å². The maximum atomic E-state index is 11.6. The van der Waals surface area contributed by atoms with Crippen LogP contribution in [0.1, 0.15) is 38.5 Å². The molecule has 1 aliphatic rings. The van der Waals surface area contributed by atoms with E-state index in [1.54, 1.807) is 0 Å². The SMILES string of the molecule is CN1CCC(CNC(=O)CCCCCN)CC1. The van der Waals surface area contributed by atoms with Gasteiger partial charge in [0.15, 0.2) is 0 Å². The molecule has 0 bridgehead atoms. The zero-order valence-electron chi connectivity index (χ0n) is 11.1. The van der Waals surface area contributed by atoms with Crippen LogP contribution in [0.3, 0.4) is 0 Å². The number of likely N-dealkylation sites (tertiary alicyclic amines) is 1. The Hall–Kier alpha value is -0.610. The monoisotopic (exact) mass is 241 g/mol. The predicted molar refractivity (Wildman–Crippen MR) is 70.8 cm³/mol. The van der Waals surface area contributed by atoms with Crippen LogP contribution in [0, 0.1) is 5.92 Å². The van der Waals surface area contributed by atoms with Gasteiger partial charge in [-0.2, -0.15) is 0 Å². The fraction of sp³-hybridized carbons (Fsp3) is 0.923. The fourth-order valence-electron chi connectivity index (χ4n) is 2.22. The predicted octanol–water partition coefficient (Wildman–Crippen LogP) is 0.964. The van der Waals surface area contributed by atoms with E-state index in [0.717, 1.165) is 45.4 Å². The summed E-state index contributed by atoms with van der Waals surface area (Å²) in [6.45, 7) is 3.93. The molecule has 4 heteroatoms. The zero-order valence-corrected chi connectivity index (χ0v) is 11.1. The number of carbonyl (C=O) groups excluding carboxylic acids is 1. The molecule has 0 atom stereocenters. The lowest BCUT2D eigenvalue weighted by Gasteiger charge is -2.28. The summed E-state index contributed by atoms with van der Waals surface area (Å²) in [4.78, 5) is 13.9. The number of nitrogens with two attached hydrogens (primary N) is 1. The summed E-state index contributed by atoms with van der Waals surface area (Å²) in [5.41, 5.74) is 5.41. The number of amides is 1. The molecule has 1 aliphatic heterocycles. The maximum absolute atomic E-state index is 11.6. The molecule has 1 rings (SSSR count). The number of hydrogen-bond acceptors (Lipinski definition) is 3. The van der Waals surface area contributed by atoms with Crippen LogP contribution in [0.15, 0.2) is 0 Å². The number of piperidine rings is 1. The Labute approximate surface area is 105 Å². The number of carbonyl (C=O) groups is 1. The van der Waals surface area contributed by atoms with Crippen LogP contribution in [0.25, 0.3) is 0 Å². The largest absolute Gasteiger partial charge is 0.356 e. The smallest absolute Gasteiger partial charge is 0.220 e. The lowest BCUT2D eigenvalue weighted by atomic mass is 9.97. The summed E-state index contributed by atoms with van der Waals surface area (Å²) < 4.78 is 0. The highest BCUT2D eigenvalue weighted by Crippen LogP contribution is 2.14. The molecule has 1 heterocycles. The number of nitrogens with one attached hydrogen (secondary N) is 1. The van der Waals surface area contributed by atoms with E-state index in [-0.39, 0.29) is 5.91 Å². The molecule has 0 aromatic heterocycles. The Balaban J connectivity index is 1.99. The van der Waals surface area contributed by atoms with Crippen LogP contribution in [0.4, 0.5) is 0 Å². The molecule has 1 saturated heterocycles. The Bertz CT molecular complexity index is 213. The second kappa shape index (κ2) is 8.48. The molecule has 4 nitrogen and oxygen atoms in total. The van der Waals surface area contributed by atoms with Crippen LogP contribution >= 0.6 is 0 Å². The van der Waals surface area contributed by atoms with E-state index in [1.165, 1.54) is 12.8 Å². The minimum absolute atomic E-state index is 0.209. The minimum atomic E-state index is 0.209. The Kier molecular flexibility index (Phi) is 7.21. The first-order valence-corrected chi connectivity index (χ1v) is 6.87. The zero-order chi connectivity index (χ0) is 12.5. The first kappa shape index (κ1) is 14.5.